The van der Waals surface area contributed by atoms with Crippen molar-refractivity contribution in [3.8, 4) is 0 Å². The summed E-state index contributed by atoms with van der Waals surface area (Å²) in [6.07, 6.45) is 8.92. The highest BCUT2D eigenvalue weighted by molar-refractivity contribution is 5.58. The second-order valence-electron chi connectivity index (χ2n) is 7.03. The van der Waals surface area contributed by atoms with Gasteiger partial charge in [-0.3, -0.25) is 9.88 Å². The van der Waals surface area contributed by atoms with Crippen molar-refractivity contribution in [2.24, 2.45) is 17.0 Å². The van der Waals surface area contributed by atoms with Crippen LogP contribution in [-0.2, 0) is 11.2 Å². The number of rotatable bonds is 5. The average molecular weight is 308 g/mol. The highest BCUT2D eigenvalue weighted by atomic mass is 16.5. The van der Waals surface area contributed by atoms with E-state index < -0.39 is 0 Å². The van der Waals surface area contributed by atoms with Gasteiger partial charge in [-0.25, -0.2) is 5.53 Å². The molecule has 0 radical (unpaired) electrons. The van der Waals surface area contributed by atoms with Crippen molar-refractivity contribution in [1.29, 1.82) is 5.53 Å². The molecule has 2 aliphatic heterocycles. The maximum absolute atomic E-state index is 7.82. The van der Waals surface area contributed by atoms with Crippen LogP contribution in [0, 0.1) is 17.4 Å². The monoisotopic (exact) mass is 308 g/mol. The standard InChI is InChI=1S/C18H20N4O/c1-3-13-14-9-22-17(18(13,14)22)16(21-19)11-6-7-20-15-5-4-10(23-2)8-12(11)15/h3-7,10,13-14,16-17,19H,1,8-9H2,2H3. The number of nitrogens with zero attached hydrogens (tertiary/aromatic N) is 3. The minimum absolute atomic E-state index is 0.0841. The summed E-state index contributed by atoms with van der Waals surface area (Å²) in [5.74, 6) is 1.35. The summed E-state index contributed by atoms with van der Waals surface area (Å²) in [4.78, 5) is 6.99. The van der Waals surface area contributed by atoms with Gasteiger partial charge in [0, 0.05) is 38.1 Å². The van der Waals surface area contributed by atoms with Crippen molar-refractivity contribution in [2.45, 2.75) is 30.1 Å². The van der Waals surface area contributed by atoms with Gasteiger partial charge in [0.1, 0.15) is 6.04 Å². The molecule has 0 bridgehead atoms. The minimum Gasteiger partial charge on any atom is -0.377 e. The van der Waals surface area contributed by atoms with E-state index >= 15 is 0 Å². The van der Waals surface area contributed by atoms with E-state index in [0.717, 1.165) is 30.1 Å². The van der Waals surface area contributed by atoms with E-state index in [9.17, 15) is 0 Å². The maximum Gasteiger partial charge on any atom is 0.113 e. The summed E-state index contributed by atoms with van der Waals surface area (Å²) in [5, 5.41) is 4.04. The molecule has 5 heteroatoms. The first-order valence-corrected chi connectivity index (χ1v) is 8.22. The van der Waals surface area contributed by atoms with E-state index in [1.54, 1.807) is 7.11 Å². The zero-order valence-corrected chi connectivity index (χ0v) is 13.1. The smallest absolute Gasteiger partial charge is 0.113 e. The van der Waals surface area contributed by atoms with Gasteiger partial charge in [-0.1, -0.05) is 12.2 Å². The van der Waals surface area contributed by atoms with Gasteiger partial charge in [-0.15, -0.1) is 6.58 Å². The van der Waals surface area contributed by atoms with Crippen molar-refractivity contribution in [3.05, 3.63) is 47.8 Å². The van der Waals surface area contributed by atoms with E-state index in [-0.39, 0.29) is 17.7 Å². The predicted octanol–water partition coefficient (Wildman–Crippen LogP) is 2.61. The van der Waals surface area contributed by atoms with Gasteiger partial charge in [0.05, 0.1) is 23.4 Å². The lowest BCUT2D eigenvalue weighted by Crippen LogP contribution is -2.20. The summed E-state index contributed by atoms with van der Waals surface area (Å²) >= 11 is 0. The summed E-state index contributed by atoms with van der Waals surface area (Å²) in [5.41, 5.74) is 11.5. The van der Waals surface area contributed by atoms with E-state index in [1.165, 1.54) is 5.56 Å². The molecule has 1 aromatic heterocycles. The van der Waals surface area contributed by atoms with Crippen LogP contribution in [0.5, 0.6) is 0 Å². The Bertz CT molecular complexity index is 745. The van der Waals surface area contributed by atoms with E-state index in [2.05, 4.69) is 33.7 Å². The normalized spacial score (nSPS) is 42.6. The molecule has 3 heterocycles. The Labute approximate surface area is 135 Å². The molecule has 2 saturated heterocycles. The maximum atomic E-state index is 7.82. The Hall–Kier alpha value is -1.85. The summed E-state index contributed by atoms with van der Waals surface area (Å²) in [6, 6.07) is 2.32. The SMILES string of the molecule is C=CC1C2CN3C(C(N=N)c4ccnc5c4CC(OC)C=C5)C123. The molecule has 3 fully saturated rings. The van der Waals surface area contributed by atoms with Gasteiger partial charge >= 0.3 is 0 Å². The lowest BCUT2D eigenvalue weighted by molar-refractivity contribution is 0.140. The predicted molar refractivity (Wildman–Crippen MR) is 86.1 cm³/mol. The van der Waals surface area contributed by atoms with Crippen molar-refractivity contribution >= 4 is 6.08 Å². The molecule has 5 nitrogen and oxygen atoms in total. The van der Waals surface area contributed by atoms with Crippen LogP contribution in [0.3, 0.4) is 0 Å². The summed E-state index contributed by atoms with van der Waals surface area (Å²) < 4.78 is 5.49. The molecule has 23 heavy (non-hydrogen) atoms. The molecule has 1 spiro atoms. The number of piperidine rings is 1. The van der Waals surface area contributed by atoms with Crippen LogP contribution in [0.25, 0.3) is 6.08 Å². The summed E-state index contributed by atoms with van der Waals surface area (Å²) in [6.45, 7) is 5.12. The molecular weight excluding hydrogens is 288 g/mol. The minimum atomic E-state index is -0.0919. The topological polar surface area (TPSA) is 61.3 Å². The first kappa shape index (κ1) is 13.6. The van der Waals surface area contributed by atoms with Crippen molar-refractivity contribution in [1.82, 2.24) is 9.88 Å². The zero-order valence-electron chi connectivity index (χ0n) is 13.1. The van der Waals surface area contributed by atoms with Gasteiger partial charge in [-0.05, 0) is 23.3 Å². The second kappa shape index (κ2) is 4.36. The second-order valence-corrected chi connectivity index (χ2v) is 7.03. The summed E-state index contributed by atoms with van der Waals surface area (Å²) in [7, 11) is 1.73. The molecule has 0 amide bonds. The molecule has 1 N–H and O–H groups in total. The molecule has 7 unspecified atom stereocenters. The number of nitrogens with one attached hydrogen (secondary N) is 1. The quantitative estimate of drug-likeness (QED) is 0.517. The van der Waals surface area contributed by atoms with Crippen LogP contribution in [0.1, 0.15) is 22.9 Å². The van der Waals surface area contributed by atoms with Crippen LogP contribution < -0.4 is 0 Å². The van der Waals surface area contributed by atoms with Gasteiger partial charge in [0.15, 0.2) is 0 Å². The van der Waals surface area contributed by atoms with Gasteiger partial charge in [-0.2, -0.15) is 5.11 Å². The third-order valence-electron chi connectivity index (χ3n) is 6.40. The Kier molecular flexibility index (Phi) is 2.58. The molecule has 4 aliphatic rings. The first-order chi connectivity index (χ1) is 11.3. The molecular formula is C18H20N4O. The third-order valence-corrected chi connectivity index (χ3v) is 6.40. The molecule has 0 aromatic carbocycles. The van der Waals surface area contributed by atoms with E-state index in [4.69, 9.17) is 10.3 Å². The first-order valence-electron chi connectivity index (χ1n) is 8.22. The number of hydrogen-bond donors (Lipinski definition) is 1. The van der Waals surface area contributed by atoms with E-state index in [1.807, 2.05) is 18.3 Å². The molecule has 118 valence electrons. The highest BCUT2D eigenvalue weighted by Gasteiger charge is 2.91. The largest absolute Gasteiger partial charge is 0.377 e. The number of methoxy groups -OCH3 is 1. The number of fused-ring (bicyclic) bond motifs is 1. The van der Waals surface area contributed by atoms with Crippen LogP contribution in [0.15, 0.2) is 36.1 Å². The van der Waals surface area contributed by atoms with Gasteiger partial charge in [0.2, 0.25) is 0 Å². The molecule has 1 saturated carbocycles. The third kappa shape index (κ3) is 1.47. The fourth-order valence-corrected chi connectivity index (χ4v) is 5.23. The Balaban J connectivity index is 1.52. The highest BCUT2D eigenvalue weighted by Crippen LogP contribution is 2.80. The zero-order chi connectivity index (χ0) is 15.8. The molecule has 2 aliphatic carbocycles. The molecule has 7 atom stereocenters. The van der Waals surface area contributed by atoms with Crippen LogP contribution in [-0.4, -0.2) is 41.2 Å². The van der Waals surface area contributed by atoms with Gasteiger partial charge in [0.25, 0.3) is 0 Å². The van der Waals surface area contributed by atoms with Crippen molar-refractivity contribution in [3.63, 3.8) is 0 Å². The van der Waals surface area contributed by atoms with E-state index in [0.29, 0.717) is 12.0 Å². The molecule has 1 aromatic rings. The lowest BCUT2D eigenvalue weighted by Gasteiger charge is -2.22. The fraction of sp³-hybridized carbons (Fsp3) is 0.500. The average Bonchev–Trinajstić information content (AvgIpc) is 3.33. The lowest BCUT2D eigenvalue weighted by atomic mass is 9.89. The van der Waals surface area contributed by atoms with Crippen molar-refractivity contribution in [2.75, 3.05) is 13.7 Å². The Morgan fingerprint density at radius 3 is 3.13 bits per heavy atom. The molecule has 5 rings (SSSR count). The fourth-order valence-electron chi connectivity index (χ4n) is 5.23. The van der Waals surface area contributed by atoms with Crippen LogP contribution >= 0.6 is 0 Å². The number of ether oxygens (including phenoxy) is 1. The Morgan fingerprint density at radius 1 is 1.61 bits per heavy atom. The number of pyridine rings is 1. The Morgan fingerprint density at radius 2 is 2.48 bits per heavy atom. The number of hydrogen-bond acceptors (Lipinski definition) is 5. The van der Waals surface area contributed by atoms with Crippen molar-refractivity contribution < 1.29 is 4.74 Å². The number of aromatic nitrogens is 1. The van der Waals surface area contributed by atoms with Gasteiger partial charge < -0.3 is 4.74 Å². The van der Waals surface area contributed by atoms with Crippen LogP contribution in [0.4, 0.5) is 0 Å². The van der Waals surface area contributed by atoms with Crippen LogP contribution in [0.2, 0.25) is 0 Å².